The molecule has 0 unspecified atom stereocenters. The molecule has 1 aliphatic rings. The van der Waals surface area contributed by atoms with Crippen LogP contribution in [0.25, 0.3) is 22.4 Å². The smallest absolute Gasteiger partial charge is 0.220 e. The third-order valence-corrected chi connectivity index (χ3v) is 6.20. The van der Waals surface area contributed by atoms with Crippen molar-refractivity contribution in [3.8, 4) is 11.4 Å². The van der Waals surface area contributed by atoms with E-state index in [1.807, 2.05) is 6.92 Å². The number of hydrogen-bond acceptors (Lipinski definition) is 5. The number of imidazole rings is 1. The van der Waals surface area contributed by atoms with E-state index < -0.39 is 0 Å². The average molecular weight is 393 g/mol. The van der Waals surface area contributed by atoms with Gasteiger partial charge in [-0.1, -0.05) is 6.07 Å². The highest BCUT2D eigenvalue weighted by Gasteiger charge is 2.19. The molecule has 3 N–H and O–H groups in total. The minimum atomic E-state index is 0.351. The van der Waals surface area contributed by atoms with Crippen LogP contribution in [0.2, 0.25) is 0 Å². The number of aromatic amines is 1. The summed E-state index contributed by atoms with van der Waals surface area (Å²) >= 11 is 0. The van der Waals surface area contributed by atoms with Gasteiger partial charge >= 0.3 is 0 Å². The van der Waals surface area contributed by atoms with Gasteiger partial charge in [-0.2, -0.15) is 0 Å². The van der Waals surface area contributed by atoms with Crippen LogP contribution in [0.4, 0.5) is 5.95 Å². The molecule has 29 heavy (non-hydrogen) atoms. The van der Waals surface area contributed by atoms with Crippen LogP contribution >= 0.6 is 0 Å². The van der Waals surface area contributed by atoms with Crippen molar-refractivity contribution < 1.29 is 0 Å². The number of benzene rings is 1. The molecule has 154 valence electrons. The molecule has 2 aromatic heterocycles. The van der Waals surface area contributed by atoms with Gasteiger partial charge in [0.25, 0.3) is 0 Å². The van der Waals surface area contributed by atoms with E-state index in [2.05, 4.69) is 52.9 Å². The van der Waals surface area contributed by atoms with Gasteiger partial charge < -0.3 is 15.6 Å². The molecule has 4 rings (SSSR count). The molecule has 1 aromatic carbocycles. The molecular weight excluding hydrogens is 360 g/mol. The standard InChI is InChI=1S/C23H32N6/c1-14-12-15(2)21-19(13-14)26-22(28-21)20-16(3)25-23(24)27-18(20)7-5-6-17-8-10-29(4)11-9-17/h12-13,17H,5-11H2,1-4H3,(H,26,28)(H2,24,25,27). The summed E-state index contributed by atoms with van der Waals surface area (Å²) in [4.78, 5) is 19.9. The zero-order chi connectivity index (χ0) is 20.5. The topological polar surface area (TPSA) is 83.7 Å². The number of hydrogen-bond donors (Lipinski definition) is 2. The maximum atomic E-state index is 6.00. The first kappa shape index (κ1) is 19.8. The molecule has 0 atom stereocenters. The molecule has 0 amide bonds. The van der Waals surface area contributed by atoms with Gasteiger partial charge in [-0.3, -0.25) is 0 Å². The molecular formula is C23H32N6. The fourth-order valence-corrected chi connectivity index (χ4v) is 4.64. The van der Waals surface area contributed by atoms with Crippen LogP contribution in [-0.4, -0.2) is 45.0 Å². The van der Waals surface area contributed by atoms with Gasteiger partial charge in [0.1, 0.15) is 5.82 Å². The van der Waals surface area contributed by atoms with Gasteiger partial charge in [-0.05, 0) is 96.1 Å². The normalized spacial score (nSPS) is 16.0. The summed E-state index contributed by atoms with van der Waals surface area (Å²) in [5.41, 5.74) is 13.4. The highest BCUT2D eigenvalue weighted by atomic mass is 15.1. The van der Waals surface area contributed by atoms with Crippen molar-refractivity contribution >= 4 is 17.0 Å². The van der Waals surface area contributed by atoms with E-state index in [1.165, 1.54) is 43.5 Å². The maximum absolute atomic E-state index is 6.00. The SMILES string of the molecule is Cc1cc(C)c2nc(-c3c(C)nc(N)nc3CCCC3CCN(C)CC3)[nH]c2c1. The second kappa shape index (κ2) is 8.11. The Morgan fingerprint density at radius 2 is 1.86 bits per heavy atom. The number of nitrogens with two attached hydrogens (primary N) is 1. The van der Waals surface area contributed by atoms with E-state index in [0.717, 1.165) is 52.6 Å². The number of nitrogens with one attached hydrogen (secondary N) is 1. The average Bonchev–Trinajstić information content (AvgIpc) is 3.06. The Morgan fingerprint density at radius 1 is 1.10 bits per heavy atom. The van der Waals surface area contributed by atoms with E-state index in [0.29, 0.717) is 5.95 Å². The monoisotopic (exact) mass is 392 g/mol. The van der Waals surface area contributed by atoms with Gasteiger partial charge in [0.05, 0.1) is 28.0 Å². The second-order valence-electron chi connectivity index (χ2n) is 8.69. The molecule has 6 heteroatoms. The lowest BCUT2D eigenvalue weighted by Crippen LogP contribution is -2.30. The number of nitrogens with zero attached hydrogens (tertiary/aromatic N) is 4. The van der Waals surface area contributed by atoms with Crippen molar-refractivity contribution in [2.24, 2.45) is 5.92 Å². The number of rotatable bonds is 5. The number of piperidine rings is 1. The summed E-state index contributed by atoms with van der Waals surface area (Å²) in [5, 5.41) is 0. The van der Waals surface area contributed by atoms with Gasteiger partial charge in [0, 0.05) is 0 Å². The number of likely N-dealkylation sites (tertiary alicyclic amines) is 1. The summed E-state index contributed by atoms with van der Waals surface area (Å²) in [7, 11) is 2.21. The van der Waals surface area contributed by atoms with Crippen LogP contribution in [0.1, 0.15) is 48.2 Å². The molecule has 1 aliphatic heterocycles. The number of fused-ring (bicyclic) bond motifs is 1. The van der Waals surface area contributed by atoms with Gasteiger partial charge in [-0.15, -0.1) is 0 Å². The Balaban J connectivity index is 1.59. The van der Waals surface area contributed by atoms with Crippen LogP contribution in [-0.2, 0) is 6.42 Å². The Bertz CT molecular complexity index is 1010. The first-order valence-corrected chi connectivity index (χ1v) is 10.7. The molecule has 0 spiro atoms. The van der Waals surface area contributed by atoms with Crippen LogP contribution < -0.4 is 5.73 Å². The highest BCUT2D eigenvalue weighted by Crippen LogP contribution is 2.30. The van der Waals surface area contributed by atoms with Crippen molar-refractivity contribution in [2.75, 3.05) is 25.9 Å². The van der Waals surface area contributed by atoms with Crippen molar-refractivity contribution in [1.82, 2.24) is 24.8 Å². The van der Waals surface area contributed by atoms with E-state index in [1.54, 1.807) is 0 Å². The van der Waals surface area contributed by atoms with Crippen LogP contribution in [0, 0.1) is 26.7 Å². The lowest BCUT2D eigenvalue weighted by Gasteiger charge is -2.28. The zero-order valence-corrected chi connectivity index (χ0v) is 18.0. The van der Waals surface area contributed by atoms with E-state index in [4.69, 9.17) is 10.7 Å². The molecule has 0 saturated carbocycles. The summed E-state index contributed by atoms with van der Waals surface area (Å²) in [6.45, 7) is 8.65. The zero-order valence-electron chi connectivity index (χ0n) is 18.0. The lowest BCUT2D eigenvalue weighted by atomic mass is 9.91. The number of H-pyrrole nitrogens is 1. The molecule has 0 aliphatic carbocycles. The van der Waals surface area contributed by atoms with Gasteiger partial charge in [0.2, 0.25) is 5.95 Å². The number of nitrogen functional groups attached to an aromatic ring is 1. The summed E-state index contributed by atoms with van der Waals surface area (Å²) in [6, 6.07) is 4.31. The fourth-order valence-electron chi connectivity index (χ4n) is 4.64. The van der Waals surface area contributed by atoms with Gasteiger partial charge in [-0.25, -0.2) is 15.0 Å². The molecule has 6 nitrogen and oxygen atoms in total. The van der Waals surface area contributed by atoms with Crippen molar-refractivity contribution in [1.29, 1.82) is 0 Å². The fraction of sp³-hybridized carbons (Fsp3) is 0.522. The minimum absolute atomic E-state index is 0.351. The van der Waals surface area contributed by atoms with Crippen LogP contribution in [0.5, 0.6) is 0 Å². The Morgan fingerprint density at radius 3 is 2.62 bits per heavy atom. The largest absolute Gasteiger partial charge is 0.368 e. The van der Waals surface area contributed by atoms with E-state index >= 15 is 0 Å². The Kier molecular flexibility index (Phi) is 5.54. The summed E-state index contributed by atoms with van der Waals surface area (Å²) in [6.07, 6.45) is 5.88. The van der Waals surface area contributed by atoms with Crippen molar-refractivity contribution in [3.63, 3.8) is 0 Å². The van der Waals surface area contributed by atoms with Crippen molar-refractivity contribution in [2.45, 2.75) is 52.9 Å². The minimum Gasteiger partial charge on any atom is -0.368 e. The third kappa shape index (κ3) is 4.27. The molecule has 0 radical (unpaired) electrons. The van der Waals surface area contributed by atoms with E-state index in [9.17, 15) is 0 Å². The quantitative estimate of drug-likeness (QED) is 0.680. The second-order valence-corrected chi connectivity index (χ2v) is 8.69. The summed E-state index contributed by atoms with van der Waals surface area (Å²) < 4.78 is 0. The predicted octanol–water partition coefficient (Wildman–Crippen LogP) is 4.19. The first-order chi connectivity index (χ1) is 13.9. The molecule has 0 bridgehead atoms. The lowest BCUT2D eigenvalue weighted by molar-refractivity contribution is 0.210. The molecule has 3 aromatic rings. The molecule has 1 fully saturated rings. The van der Waals surface area contributed by atoms with Crippen LogP contribution in [0.3, 0.4) is 0 Å². The Hall–Kier alpha value is -2.47. The predicted molar refractivity (Wildman–Crippen MR) is 119 cm³/mol. The molecule has 3 heterocycles. The first-order valence-electron chi connectivity index (χ1n) is 10.7. The molecule has 1 saturated heterocycles. The number of anilines is 1. The number of aromatic nitrogens is 4. The Labute approximate surface area is 173 Å². The van der Waals surface area contributed by atoms with Crippen LogP contribution in [0.15, 0.2) is 12.1 Å². The van der Waals surface area contributed by atoms with E-state index in [-0.39, 0.29) is 0 Å². The van der Waals surface area contributed by atoms with Crippen molar-refractivity contribution in [3.05, 3.63) is 34.6 Å². The maximum Gasteiger partial charge on any atom is 0.220 e. The summed E-state index contributed by atoms with van der Waals surface area (Å²) in [5.74, 6) is 2.02. The third-order valence-electron chi connectivity index (χ3n) is 6.20. The van der Waals surface area contributed by atoms with Gasteiger partial charge in [0.15, 0.2) is 0 Å². The highest BCUT2D eigenvalue weighted by molar-refractivity contribution is 5.83. The number of aryl methyl sites for hydroxylation is 4.